The second-order valence-corrected chi connectivity index (χ2v) is 9.15. The molecule has 1 aliphatic rings. The van der Waals surface area contributed by atoms with Crippen LogP contribution in [0.3, 0.4) is 0 Å². The molecule has 0 aliphatic carbocycles. The third-order valence-electron chi connectivity index (χ3n) is 5.58. The van der Waals surface area contributed by atoms with Crippen molar-refractivity contribution in [1.29, 1.82) is 0 Å². The highest BCUT2D eigenvalue weighted by Gasteiger charge is 2.21. The minimum Gasteiger partial charge on any atom is -0.493 e. The Balaban J connectivity index is 1.73. The molecule has 0 radical (unpaired) electrons. The van der Waals surface area contributed by atoms with Gasteiger partial charge < -0.3 is 14.6 Å². The van der Waals surface area contributed by atoms with Crippen molar-refractivity contribution in [3.05, 3.63) is 34.2 Å². The lowest BCUT2D eigenvalue weighted by atomic mass is 10.1. The van der Waals surface area contributed by atoms with Gasteiger partial charge in [-0.3, -0.25) is 9.48 Å². The molecule has 1 atom stereocenters. The van der Waals surface area contributed by atoms with Crippen LogP contribution in [0.1, 0.15) is 26.0 Å². The molecule has 0 spiro atoms. The molecule has 3 aromatic rings. The molecule has 11 heteroatoms. The van der Waals surface area contributed by atoms with Crippen LogP contribution in [0.2, 0.25) is 0 Å². The van der Waals surface area contributed by atoms with Gasteiger partial charge >= 0.3 is 0 Å². The number of benzene rings is 1. The van der Waals surface area contributed by atoms with E-state index < -0.39 is 11.1 Å². The van der Waals surface area contributed by atoms with Crippen LogP contribution in [0.15, 0.2) is 27.9 Å². The van der Waals surface area contributed by atoms with Crippen molar-refractivity contribution < 1.29 is 13.2 Å². The Hall–Kier alpha value is -2.60. The molecule has 1 N–H and O–H groups in total. The summed E-state index contributed by atoms with van der Waals surface area (Å²) in [5.41, 5.74) is 2.04. The molecular weight excluding hydrogens is 444 g/mol. The summed E-state index contributed by atoms with van der Waals surface area (Å²) in [5.74, 6) is 0.890. The zero-order chi connectivity index (χ0) is 23.5. The summed E-state index contributed by atoms with van der Waals surface area (Å²) in [6, 6.07) is 5.15. The number of hydroxylamine groups is 2. The number of aryl methyl sites for hydroxylation is 2. The molecule has 2 aromatic heterocycles. The zero-order valence-corrected chi connectivity index (χ0v) is 20.3. The van der Waals surface area contributed by atoms with Gasteiger partial charge in [-0.1, -0.05) is 13.3 Å². The summed E-state index contributed by atoms with van der Waals surface area (Å²) < 4.78 is 26.0. The fourth-order valence-electron chi connectivity index (χ4n) is 3.86. The Kier molecular flexibility index (Phi) is 7.23. The number of fused-ring (bicyclic) bond motifs is 1. The first-order valence-electron chi connectivity index (χ1n) is 11.2. The Morgan fingerprint density at radius 2 is 1.91 bits per heavy atom. The Labute approximate surface area is 195 Å². The van der Waals surface area contributed by atoms with Gasteiger partial charge in [0.15, 0.2) is 5.52 Å². The molecule has 1 saturated heterocycles. The summed E-state index contributed by atoms with van der Waals surface area (Å²) in [7, 11) is 3.79. The number of ether oxygens (including phenoxy) is 1. The lowest BCUT2D eigenvalue weighted by Crippen LogP contribution is -2.44. The van der Waals surface area contributed by atoms with Gasteiger partial charge in [-0.15, -0.1) is 0 Å². The van der Waals surface area contributed by atoms with Crippen LogP contribution in [0.25, 0.3) is 22.4 Å². The first-order valence-corrected chi connectivity index (χ1v) is 12.3. The van der Waals surface area contributed by atoms with Crippen LogP contribution in [0.5, 0.6) is 5.75 Å². The summed E-state index contributed by atoms with van der Waals surface area (Å²) in [5, 5.41) is 6.20. The van der Waals surface area contributed by atoms with Gasteiger partial charge in [0.2, 0.25) is 11.1 Å². The average Bonchev–Trinajstić information content (AvgIpc) is 3.11. The molecule has 33 heavy (non-hydrogen) atoms. The van der Waals surface area contributed by atoms with Crippen LogP contribution >= 0.6 is 0 Å². The van der Waals surface area contributed by atoms with E-state index in [0.29, 0.717) is 59.2 Å². The highest BCUT2D eigenvalue weighted by molar-refractivity contribution is 7.80. The fourth-order valence-corrected chi connectivity index (χ4v) is 4.68. The van der Waals surface area contributed by atoms with E-state index in [9.17, 15) is 9.00 Å². The van der Waals surface area contributed by atoms with Crippen molar-refractivity contribution in [2.45, 2.75) is 31.6 Å². The molecular formula is C22H30N6O4S. The monoisotopic (exact) mass is 474 g/mol. The first-order chi connectivity index (χ1) is 15.9. The van der Waals surface area contributed by atoms with E-state index in [1.165, 1.54) is 0 Å². The number of H-pyrrole nitrogens is 1. The molecule has 1 aromatic carbocycles. The molecule has 4 rings (SSSR count). The number of rotatable bonds is 8. The van der Waals surface area contributed by atoms with E-state index in [1.807, 2.05) is 14.0 Å². The summed E-state index contributed by atoms with van der Waals surface area (Å²) in [6.45, 7) is 7.43. The number of aromatic nitrogens is 4. The van der Waals surface area contributed by atoms with Crippen LogP contribution in [0, 0.1) is 0 Å². The predicted molar refractivity (Wildman–Crippen MR) is 126 cm³/mol. The van der Waals surface area contributed by atoms with Gasteiger partial charge in [-0.2, -0.15) is 14.4 Å². The van der Waals surface area contributed by atoms with Gasteiger partial charge in [0, 0.05) is 33.2 Å². The molecule has 178 valence electrons. The molecule has 1 aliphatic heterocycles. The van der Waals surface area contributed by atoms with Gasteiger partial charge in [0.25, 0.3) is 5.56 Å². The number of hydrogen-bond donors (Lipinski definition) is 1. The Morgan fingerprint density at radius 1 is 1.15 bits per heavy atom. The standard InChI is InChI=1S/C22H30N6O4S/c1-5-7-17-19-20(27(4)25-17)22(29)24-21(23-19)16-14-15(8-9-18(16)31-6-2)33(30)32-28-12-10-26(3)11-13-28/h8-9,14H,5-7,10-13H2,1-4H3,(H,23,24,29). The number of likely N-dealkylation sites (N-methyl/N-ethyl adjacent to an activating group) is 1. The minimum absolute atomic E-state index is 0.282. The SMILES string of the molecule is CCCc1nn(C)c2c(=O)[nH]c(-c3cc(S(=O)ON4CCN(C)CC4)ccc3OCC)nc12. The second-order valence-electron chi connectivity index (χ2n) is 8.06. The zero-order valence-electron chi connectivity index (χ0n) is 19.5. The van der Waals surface area contributed by atoms with E-state index in [1.54, 1.807) is 35.0 Å². The molecule has 0 amide bonds. The quantitative estimate of drug-likeness (QED) is 0.528. The summed E-state index contributed by atoms with van der Waals surface area (Å²) in [4.78, 5) is 23.1. The maximum atomic E-state index is 13.0. The van der Waals surface area contributed by atoms with E-state index in [0.717, 1.165) is 25.2 Å². The second kappa shape index (κ2) is 10.1. The van der Waals surface area contributed by atoms with Gasteiger partial charge in [0.05, 0.1) is 22.8 Å². The maximum Gasteiger partial charge on any atom is 0.277 e. The number of piperazine rings is 1. The Morgan fingerprint density at radius 3 is 2.61 bits per heavy atom. The largest absolute Gasteiger partial charge is 0.493 e. The van der Waals surface area contributed by atoms with Crippen LogP contribution in [-0.4, -0.2) is 73.8 Å². The number of nitrogens with one attached hydrogen (secondary N) is 1. The fraction of sp³-hybridized carbons (Fsp3) is 0.500. The lowest BCUT2D eigenvalue weighted by molar-refractivity contribution is -0.0735. The van der Waals surface area contributed by atoms with E-state index >= 15 is 0 Å². The number of nitrogens with zero attached hydrogens (tertiary/aromatic N) is 5. The summed E-state index contributed by atoms with van der Waals surface area (Å²) >= 11 is -1.71. The van der Waals surface area contributed by atoms with Gasteiger partial charge in [-0.05, 0) is 38.6 Å². The molecule has 1 unspecified atom stereocenters. The number of hydrogen-bond acceptors (Lipinski definition) is 8. The topological polar surface area (TPSA) is 106 Å². The molecule has 1 fully saturated rings. The highest BCUT2D eigenvalue weighted by Crippen LogP contribution is 2.31. The van der Waals surface area contributed by atoms with Crippen LogP contribution in [0.4, 0.5) is 0 Å². The smallest absolute Gasteiger partial charge is 0.277 e. The van der Waals surface area contributed by atoms with E-state index in [4.69, 9.17) is 14.0 Å². The first kappa shape index (κ1) is 23.6. The van der Waals surface area contributed by atoms with Crippen molar-refractivity contribution in [2.24, 2.45) is 7.05 Å². The molecule has 3 heterocycles. The van der Waals surface area contributed by atoms with Crippen molar-refractivity contribution in [3.8, 4) is 17.1 Å². The van der Waals surface area contributed by atoms with Crippen LogP contribution in [-0.2, 0) is 28.8 Å². The molecule has 10 nitrogen and oxygen atoms in total. The van der Waals surface area contributed by atoms with E-state index in [2.05, 4.69) is 21.9 Å². The Bertz CT molecular complexity index is 1220. The third-order valence-corrected chi connectivity index (χ3v) is 6.57. The molecule has 0 bridgehead atoms. The maximum absolute atomic E-state index is 13.0. The third kappa shape index (κ3) is 5.01. The number of aromatic amines is 1. The highest BCUT2D eigenvalue weighted by atomic mass is 32.2. The lowest BCUT2D eigenvalue weighted by Gasteiger charge is -2.30. The van der Waals surface area contributed by atoms with Crippen LogP contribution < -0.4 is 10.3 Å². The van der Waals surface area contributed by atoms with Crippen molar-refractivity contribution in [3.63, 3.8) is 0 Å². The summed E-state index contributed by atoms with van der Waals surface area (Å²) in [6.07, 6.45) is 1.60. The van der Waals surface area contributed by atoms with Gasteiger partial charge in [0.1, 0.15) is 17.1 Å². The predicted octanol–water partition coefficient (Wildman–Crippen LogP) is 1.88. The normalized spacial score (nSPS) is 16.4. The van der Waals surface area contributed by atoms with Crippen molar-refractivity contribution in [2.75, 3.05) is 39.8 Å². The molecule has 0 saturated carbocycles. The van der Waals surface area contributed by atoms with Crippen molar-refractivity contribution in [1.82, 2.24) is 29.7 Å². The van der Waals surface area contributed by atoms with E-state index in [-0.39, 0.29) is 5.56 Å². The average molecular weight is 475 g/mol. The van der Waals surface area contributed by atoms with Gasteiger partial charge in [-0.25, -0.2) is 9.19 Å². The minimum atomic E-state index is -1.71. The van der Waals surface area contributed by atoms with Crippen molar-refractivity contribution >= 4 is 22.1 Å².